The Morgan fingerprint density at radius 3 is 2.67 bits per heavy atom. The van der Waals surface area contributed by atoms with Crippen LogP contribution in [-0.4, -0.2) is 90.1 Å². The Kier molecular flexibility index (Phi) is 14.2. The zero-order valence-corrected chi connectivity index (χ0v) is 20.8. The van der Waals surface area contributed by atoms with Crippen LogP contribution in [0, 0.1) is 11.8 Å². The Balaban J connectivity index is 1.63. The van der Waals surface area contributed by atoms with Crippen molar-refractivity contribution in [2.75, 3.05) is 52.1 Å². The van der Waals surface area contributed by atoms with Gasteiger partial charge in [0, 0.05) is 31.6 Å². The van der Waals surface area contributed by atoms with E-state index < -0.39 is 42.4 Å². The topological polar surface area (TPSA) is 161 Å². The van der Waals surface area contributed by atoms with Crippen molar-refractivity contribution < 1.29 is 34.0 Å². The van der Waals surface area contributed by atoms with Crippen molar-refractivity contribution in [3.8, 4) is 11.8 Å². The summed E-state index contributed by atoms with van der Waals surface area (Å²) in [6.45, 7) is 1.45. The molecule has 202 valence electrons. The summed E-state index contributed by atoms with van der Waals surface area (Å²) in [5, 5.41) is 21.6. The van der Waals surface area contributed by atoms with Gasteiger partial charge in [-0.2, -0.15) is 0 Å². The smallest absolute Gasteiger partial charge is 0.408 e. The van der Waals surface area contributed by atoms with Crippen LogP contribution < -0.4 is 16.6 Å². The maximum atomic E-state index is 12.1. The molecule has 0 aliphatic carbocycles. The quantitative estimate of drug-likeness (QED) is 0.139. The number of halogens is 1. The highest BCUT2D eigenvalue weighted by molar-refractivity contribution is 6.17. The molecule has 1 aromatic heterocycles. The lowest BCUT2D eigenvalue weighted by Gasteiger charge is -2.14. The third kappa shape index (κ3) is 10.7. The molecule has 0 aromatic carbocycles. The van der Waals surface area contributed by atoms with E-state index in [-0.39, 0.29) is 25.1 Å². The first kappa shape index (κ1) is 29.8. The zero-order chi connectivity index (χ0) is 26.2. The highest BCUT2D eigenvalue weighted by atomic mass is 35.5. The summed E-state index contributed by atoms with van der Waals surface area (Å²) in [5.41, 5.74) is -1.49. The van der Waals surface area contributed by atoms with Crippen molar-refractivity contribution in [3.63, 3.8) is 0 Å². The molecular formula is C23H34ClN3O9. The van der Waals surface area contributed by atoms with Crippen LogP contribution in [0.2, 0.25) is 0 Å². The Morgan fingerprint density at radius 1 is 1.19 bits per heavy atom. The Labute approximate surface area is 213 Å². The molecule has 2 rings (SSSR count). The van der Waals surface area contributed by atoms with Gasteiger partial charge >= 0.3 is 11.8 Å². The molecule has 4 N–H and O–H groups in total. The van der Waals surface area contributed by atoms with Crippen LogP contribution in [0.1, 0.15) is 43.9 Å². The van der Waals surface area contributed by atoms with Gasteiger partial charge in [-0.3, -0.25) is 14.3 Å². The van der Waals surface area contributed by atoms with Gasteiger partial charge in [-0.05, 0) is 12.8 Å². The molecule has 12 nitrogen and oxygen atoms in total. The van der Waals surface area contributed by atoms with Gasteiger partial charge in [-0.15, -0.1) is 11.6 Å². The van der Waals surface area contributed by atoms with Crippen LogP contribution in [0.15, 0.2) is 15.8 Å². The molecule has 1 aliphatic rings. The molecule has 1 aromatic rings. The van der Waals surface area contributed by atoms with Crippen molar-refractivity contribution in [1.29, 1.82) is 0 Å². The first-order valence-electron chi connectivity index (χ1n) is 11.9. The molecule has 1 saturated heterocycles. The number of nitrogens with zero attached hydrogens (tertiary/aromatic N) is 1. The van der Waals surface area contributed by atoms with Gasteiger partial charge in [-0.25, -0.2) is 9.59 Å². The molecule has 1 unspecified atom stereocenters. The minimum Gasteiger partial charge on any atom is -0.436 e. The molecule has 1 aliphatic heterocycles. The predicted molar refractivity (Wildman–Crippen MR) is 130 cm³/mol. The van der Waals surface area contributed by atoms with Gasteiger partial charge in [0.1, 0.15) is 17.9 Å². The standard InChI is InChI=1S/C23H34ClN3O9/c24-7-3-1-2-4-9-33-12-13-34-11-8-25-23(32)35-10-5-6-17-15-27(22(31)26-21(17)30)20-14-18(29)19(16-28)36-20/h15,18-20,28-29H,1-4,7-14,16H2,(H,25,32)(H,26,30,31)/t18?,19-,20-/m1/s1. The van der Waals surface area contributed by atoms with E-state index in [1.807, 2.05) is 0 Å². The van der Waals surface area contributed by atoms with Crippen LogP contribution >= 0.6 is 11.6 Å². The monoisotopic (exact) mass is 531 g/mol. The molecule has 3 atom stereocenters. The number of unbranched alkanes of at least 4 members (excludes halogenated alkanes) is 3. The van der Waals surface area contributed by atoms with Crippen molar-refractivity contribution in [2.24, 2.45) is 0 Å². The minimum atomic E-state index is -0.944. The maximum Gasteiger partial charge on any atom is 0.408 e. The Hall–Kier alpha value is -2.40. The van der Waals surface area contributed by atoms with E-state index in [1.165, 1.54) is 6.20 Å². The van der Waals surface area contributed by atoms with Gasteiger partial charge in [-0.1, -0.05) is 24.7 Å². The molecule has 36 heavy (non-hydrogen) atoms. The number of aromatic nitrogens is 2. The van der Waals surface area contributed by atoms with Crippen molar-refractivity contribution in [2.45, 2.75) is 50.5 Å². The predicted octanol–water partition coefficient (Wildman–Crippen LogP) is 0.0874. The van der Waals surface area contributed by atoms with Crippen LogP contribution in [-0.2, 0) is 18.9 Å². The third-order valence-corrected chi connectivity index (χ3v) is 5.49. The fourth-order valence-electron chi connectivity index (χ4n) is 3.32. The number of amides is 1. The SMILES string of the molecule is O=C(NCCOCCOCCCCCCCl)OCC#Cc1cn([C@H]2CC(O)[C@@H](CO)O2)c(=O)[nH]c1=O. The van der Waals surface area contributed by atoms with Crippen molar-refractivity contribution in [3.05, 3.63) is 32.6 Å². The number of carbonyl (C=O) groups excluding carboxylic acids is 1. The van der Waals surface area contributed by atoms with Gasteiger partial charge in [0.15, 0.2) is 6.61 Å². The average Bonchev–Trinajstić information content (AvgIpc) is 3.23. The second-order valence-electron chi connectivity index (χ2n) is 7.96. The van der Waals surface area contributed by atoms with Crippen LogP contribution in [0.3, 0.4) is 0 Å². The number of ether oxygens (including phenoxy) is 4. The van der Waals surface area contributed by atoms with Crippen LogP contribution in [0.5, 0.6) is 0 Å². The number of H-pyrrole nitrogens is 1. The lowest BCUT2D eigenvalue weighted by atomic mass is 10.2. The number of hydrogen-bond donors (Lipinski definition) is 4. The normalized spacial score (nSPS) is 19.0. The average molecular weight is 532 g/mol. The summed E-state index contributed by atoms with van der Waals surface area (Å²) in [7, 11) is 0. The van der Waals surface area contributed by atoms with E-state index in [0.717, 1.165) is 30.3 Å². The fraction of sp³-hybridized carbons (Fsp3) is 0.696. The Bertz CT molecular complexity index is 972. The maximum absolute atomic E-state index is 12.1. The summed E-state index contributed by atoms with van der Waals surface area (Å²) in [5.74, 6) is 5.77. The minimum absolute atomic E-state index is 0.0463. The highest BCUT2D eigenvalue weighted by Gasteiger charge is 2.35. The number of hydrogen-bond acceptors (Lipinski definition) is 9. The van der Waals surface area contributed by atoms with Crippen LogP contribution in [0.25, 0.3) is 0 Å². The third-order valence-electron chi connectivity index (χ3n) is 5.22. The molecule has 0 radical (unpaired) electrons. The van der Waals surface area contributed by atoms with E-state index in [9.17, 15) is 24.6 Å². The first-order chi connectivity index (χ1) is 17.5. The number of aliphatic hydroxyl groups excluding tert-OH is 2. The molecule has 13 heteroatoms. The van der Waals surface area contributed by atoms with Crippen molar-refractivity contribution >= 4 is 17.7 Å². The summed E-state index contributed by atoms with van der Waals surface area (Å²) in [6.07, 6.45) is 2.18. The molecule has 0 spiro atoms. The number of carbonyl (C=O) groups is 1. The van der Waals surface area contributed by atoms with Gasteiger partial charge in [0.25, 0.3) is 5.56 Å². The second-order valence-corrected chi connectivity index (χ2v) is 8.33. The number of nitrogens with one attached hydrogen (secondary N) is 2. The van der Waals surface area contributed by atoms with E-state index in [2.05, 4.69) is 22.1 Å². The van der Waals surface area contributed by atoms with E-state index >= 15 is 0 Å². The molecule has 0 saturated carbocycles. The molecule has 1 amide bonds. The summed E-state index contributed by atoms with van der Waals surface area (Å²) < 4.78 is 22.3. The van der Waals surface area contributed by atoms with Gasteiger partial charge in [0.2, 0.25) is 0 Å². The van der Waals surface area contributed by atoms with Crippen LogP contribution in [0.4, 0.5) is 4.79 Å². The van der Waals surface area contributed by atoms with Gasteiger partial charge < -0.3 is 34.5 Å². The van der Waals surface area contributed by atoms with Crippen molar-refractivity contribution in [1.82, 2.24) is 14.9 Å². The lowest BCUT2D eigenvalue weighted by Crippen LogP contribution is -2.33. The fourth-order valence-corrected chi connectivity index (χ4v) is 3.51. The number of alkyl carbamates (subject to hydrolysis) is 1. The second kappa shape index (κ2) is 17.1. The number of rotatable bonds is 15. The molecule has 0 bridgehead atoms. The first-order valence-corrected chi connectivity index (χ1v) is 12.4. The number of aliphatic hydroxyl groups is 2. The highest BCUT2D eigenvalue weighted by Crippen LogP contribution is 2.27. The summed E-state index contributed by atoms with van der Waals surface area (Å²) in [4.78, 5) is 37.9. The largest absolute Gasteiger partial charge is 0.436 e. The van der Waals surface area contributed by atoms with E-state index in [4.69, 9.17) is 30.5 Å². The number of aromatic amines is 1. The van der Waals surface area contributed by atoms with Gasteiger partial charge in [0.05, 0.1) is 32.5 Å². The summed E-state index contributed by atoms with van der Waals surface area (Å²) >= 11 is 5.62. The summed E-state index contributed by atoms with van der Waals surface area (Å²) in [6, 6.07) is 0. The molecular weight excluding hydrogens is 498 g/mol. The molecule has 2 heterocycles. The molecule has 1 fully saturated rings. The van der Waals surface area contributed by atoms with E-state index in [0.29, 0.717) is 32.3 Å². The van der Waals surface area contributed by atoms with E-state index in [1.54, 1.807) is 0 Å². The number of alkyl halides is 1. The zero-order valence-electron chi connectivity index (χ0n) is 20.1. The Morgan fingerprint density at radius 2 is 1.94 bits per heavy atom. The lowest BCUT2D eigenvalue weighted by molar-refractivity contribution is -0.0459.